The van der Waals surface area contributed by atoms with Crippen LogP contribution >= 0.6 is 0 Å². The van der Waals surface area contributed by atoms with E-state index in [2.05, 4.69) is 27.5 Å². The molecule has 2 rings (SSSR count). The summed E-state index contributed by atoms with van der Waals surface area (Å²) in [5.41, 5.74) is 0.378. The molecule has 2 unspecified atom stereocenters. The minimum Gasteiger partial charge on any atom is -0.372 e. The van der Waals surface area contributed by atoms with Crippen LogP contribution in [0, 0.1) is 5.92 Å². The topological polar surface area (TPSA) is 66.9 Å². The second-order valence-electron chi connectivity index (χ2n) is 4.53. The maximum Gasteiger partial charge on any atom is 0.271 e. The van der Waals surface area contributed by atoms with Gasteiger partial charge in [-0.2, -0.15) is 0 Å². The zero-order valence-corrected chi connectivity index (χ0v) is 10.2. The van der Waals surface area contributed by atoms with Crippen molar-refractivity contribution >= 4 is 11.7 Å². The fourth-order valence-corrected chi connectivity index (χ4v) is 2.18. The van der Waals surface area contributed by atoms with Gasteiger partial charge in [0.25, 0.3) is 5.91 Å². The minimum atomic E-state index is -0.126. The van der Waals surface area contributed by atoms with Gasteiger partial charge in [-0.15, -0.1) is 0 Å². The number of amides is 1. The van der Waals surface area contributed by atoms with Crippen LogP contribution in [0.4, 0.5) is 5.82 Å². The van der Waals surface area contributed by atoms with Crippen LogP contribution in [0.2, 0.25) is 0 Å². The van der Waals surface area contributed by atoms with Gasteiger partial charge in [-0.1, -0.05) is 13.3 Å². The van der Waals surface area contributed by atoms with E-state index in [-0.39, 0.29) is 11.9 Å². The summed E-state index contributed by atoms with van der Waals surface area (Å²) in [6.45, 7) is 2.17. The van der Waals surface area contributed by atoms with Crippen molar-refractivity contribution in [3.8, 4) is 0 Å². The van der Waals surface area contributed by atoms with Gasteiger partial charge < -0.3 is 10.6 Å². The van der Waals surface area contributed by atoms with Gasteiger partial charge in [0.15, 0.2) is 0 Å². The highest BCUT2D eigenvalue weighted by Gasteiger charge is 2.25. The normalized spacial score (nSPS) is 23.4. The molecule has 92 valence electrons. The third-order valence-electron chi connectivity index (χ3n) is 3.32. The monoisotopic (exact) mass is 234 g/mol. The maximum atomic E-state index is 11.9. The minimum absolute atomic E-state index is 0.126. The Labute approximate surface area is 101 Å². The lowest BCUT2D eigenvalue weighted by atomic mass is 10.1. The fraction of sp³-hybridized carbons (Fsp3) is 0.583. The Hall–Kier alpha value is -1.65. The van der Waals surface area contributed by atoms with Crippen LogP contribution < -0.4 is 10.6 Å². The van der Waals surface area contributed by atoms with Gasteiger partial charge in [-0.25, -0.2) is 9.97 Å². The molecule has 5 nitrogen and oxygen atoms in total. The lowest BCUT2D eigenvalue weighted by molar-refractivity contribution is 0.0924. The van der Waals surface area contributed by atoms with Crippen molar-refractivity contribution < 1.29 is 4.79 Å². The quantitative estimate of drug-likeness (QED) is 0.830. The van der Waals surface area contributed by atoms with Gasteiger partial charge in [0.2, 0.25) is 0 Å². The molecule has 1 aliphatic carbocycles. The molecule has 0 spiro atoms. The summed E-state index contributed by atoms with van der Waals surface area (Å²) in [6, 6.07) is 0.285. The Morgan fingerprint density at radius 2 is 2.18 bits per heavy atom. The summed E-state index contributed by atoms with van der Waals surface area (Å²) in [7, 11) is 1.77. The first-order valence-electron chi connectivity index (χ1n) is 6.01. The van der Waals surface area contributed by atoms with Crippen LogP contribution in [0.15, 0.2) is 12.4 Å². The molecule has 1 fully saturated rings. The molecule has 2 N–H and O–H groups in total. The second-order valence-corrected chi connectivity index (χ2v) is 4.53. The Morgan fingerprint density at radius 1 is 1.35 bits per heavy atom. The van der Waals surface area contributed by atoms with E-state index >= 15 is 0 Å². The molecule has 0 saturated heterocycles. The van der Waals surface area contributed by atoms with E-state index in [1.807, 2.05) is 0 Å². The van der Waals surface area contributed by atoms with Crippen molar-refractivity contribution in [1.29, 1.82) is 0 Å². The van der Waals surface area contributed by atoms with Crippen molar-refractivity contribution in [2.75, 3.05) is 12.4 Å². The number of carbonyl (C=O) groups excluding carboxylic acids is 1. The number of hydrogen-bond acceptors (Lipinski definition) is 4. The zero-order valence-electron chi connectivity index (χ0n) is 10.2. The summed E-state index contributed by atoms with van der Waals surface area (Å²) in [6.07, 6.45) is 6.51. The number of nitrogens with one attached hydrogen (secondary N) is 2. The summed E-state index contributed by atoms with van der Waals surface area (Å²) < 4.78 is 0. The van der Waals surface area contributed by atoms with E-state index in [0.29, 0.717) is 17.4 Å². The number of hydrogen-bond donors (Lipinski definition) is 2. The molecule has 1 heterocycles. The van der Waals surface area contributed by atoms with E-state index in [1.54, 1.807) is 13.2 Å². The Kier molecular flexibility index (Phi) is 3.56. The largest absolute Gasteiger partial charge is 0.372 e. The molecule has 1 amide bonds. The SMILES string of the molecule is CNc1cnc(C(=O)NC2CCCC2C)cn1. The van der Waals surface area contributed by atoms with Gasteiger partial charge >= 0.3 is 0 Å². The summed E-state index contributed by atoms with van der Waals surface area (Å²) >= 11 is 0. The molecule has 17 heavy (non-hydrogen) atoms. The third-order valence-corrected chi connectivity index (χ3v) is 3.32. The third kappa shape index (κ3) is 2.72. The molecule has 5 heteroatoms. The first-order valence-corrected chi connectivity index (χ1v) is 6.01. The molecular formula is C12H18N4O. The van der Waals surface area contributed by atoms with Gasteiger partial charge in [0.1, 0.15) is 11.5 Å². The molecule has 2 atom stereocenters. The highest BCUT2D eigenvalue weighted by Crippen LogP contribution is 2.24. The zero-order chi connectivity index (χ0) is 12.3. The first-order chi connectivity index (χ1) is 8.20. The van der Waals surface area contributed by atoms with Gasteiger partial charge in [-0.05, 0) is 18.8 Å². The van der Waals surface area contributed by atoms with Crippen molar-refractivity contribution in [2.24, 2.45) is 5.92 Å². The van der Waals surface area contributed by atoms with Crippen molar-refractivity contribution in [1.82, 2.24) is 15.3 Å². The molecule has 0 aromatic carbocycles. The van der Waals surface area contributed by atoms with E-state index in [1.165, 1.54) is 19.0 Å². The molecular weight excluding hydrogens is 216 g/mol. The van der Waals surface area contributed by atoms with Gasteiger partial charge in [0, 0.05) is 13.1 Å². The van der Waals surface area contributed by atoms with Crippen molar-refractivity contribution in [3.63, 3.8) is 0 Å². The first kappa shape index (κ1) is 11.8. The highest BCUT2D eigenvalue weighted by atomic mass is 16.1. The van der Waals surface area contributed by atoms with Crippen molar-refractivity contribution in [2.45, 2.75) is 32.2 Å². The smallest absolute Gasteiger partial charge is 0.271 e. The van der Waals surface area contributed by atoms with E-state index in [4.69, 9.17) is 0 Å². The highest BCUT2D eigenvalue weighted by molar-refractivity contribution is 5.92. The number of anilines is 1. The van der Waals surface area contributed by atoms with E-state index in [9.17, 15) is 4.79 Å². The van der Waals surface area contributed by atoms with Gasteiger partial charge in [-0.3, -0.25) is 4.79 Å². The molecule has 1 aliphatic rings. The number of nitrogens with zero attached hydrogens (tertiary/aromatic N) is 2. The fourth-order valence-electron chi connectivity index (χ4n) is 2.18. The predicted octanol–water partition coefficient (Wildman–Crippen LogP) is 1.44. The Morgan fingerprint density at radius 3 is 2.71 bits per heavy atom. The summed E-state index contributed by atoms with van der Waals surface area (Å²) in [5, 5.41) is 5.89. The van der Waals surface area contributed by atoms with Crippen LogP contribution in [0.3, 0.4) is 0 Å². The average Bonchev–Trinajstić information content (AvgIpc) is 2.75. The van der Waals surface area contributed by atoms with Crippen molar-refractivity contribution in [3.05, 3.63) is 18.1 Å². The molecule has 1 aromatic rings. The van der Waals surface area contributed by atoms with Crippen LogP contribution in [0.5, 0.6) is 0 Å². The standard InChI is InChI=1S/C12H18N4O/c1-8-4-3-5-9(8)16-12(17)10-6-15-11(13-2)7-14-10/h6-9H,3-5H2,1-2H3,(H,13,15)(H,16,17). The van der Waals surface area contributed by atoms with E-state index in [0.717, 1.165) is 6.42 Å². The molecule has 1 saturated carbocycles. The number of aromatic nitrogens is 2. The molecule has 0 radical (unpaired) electrons. The average molecular weight is 234 g/mol. The van der Waals surface area contributed by atoms with Crippen LogP contribution in [0.1, 0.15) is 36.7 Å². The maximum absolute atomic E-state index is 11.9. The lowest BCUT2D eigenvalue weighted by Crippen LogP contribution is -2.36. The van der Waals surface area contributed by atoms with E-state index < -0.39 is 0 Å². The molecule has 0 aliphatic heterocycles. The van der Waals surface area contributed by atoms with Gasteiger partial charge in [0.05, 0.1) is 12.4 Å². The molecule has 0 bridgehead atoms. The lowest BCUT2D eigenvalue weighted by Gasteiger charge is -2.16. The predicted molar refractivity (Wildman–Crippen MR) is 65.8 cm³/mol. The molecule has 1 aromatic heterocycles. The Bertz CT molecular complexity index is 390. The Balaban J connectivity index is 1.99. The van der Waals surface area contributed by atoms with Crippen LogP contribution in [0.25, 0.3) is 0 Å². The number of carbonyl (C=O) groups is 1. The number of rotatable bonds is 3. The second kappa shape index (κ2) is 5.12. The summed E-state index contributed by atoms with van der Waals surface area (Å²) in [4.78, 5) is 20.1. The van der Waals surface area contributed by atoms with Crippen LogP contribution in [-0.4, -0.2) is 29.0 Å². The van der Waals surface area contributed by atoms with Crippen LogP contribution in [-0.2, 0) is 0 Å². The summed E-state index contributed by atoms with van der Waals surface area (Å²) in [5.74, 6) is 1.10.